The molecule has 0 spiro atoms. The summed E-state index contributed by atoms with van der Waals surface area (Å²) in [6, 6.07) is 0.388. The molecule has 1 unspecified atom stereocenters. The number of aromatic nitrogens is 2. The Hall–Kier alpha value is -0.970. The van der Waals surface area contributed by atoms with Gasteiger partial charge in [0.25, 0.3) is 0 Å². The molecule has 0 bridgehead atoms. The lowest BCUT2D eigenvalue weighted by Gasteiger charge is -2.15. The lowest BCUT2D eigenvalue weighted by molar-refractivity contribution is -0.133. The van der Waals surface area contributed by atoms with E-state index in [2.05, 4.69) is 23.4 Å². The molecule has 0 saturated carbocycles. The molecular formula is C11H18N2O2S. The molecule has 0 fully saturated rings. The molecule has 90 valence electrons. The SMILES string of the molecule is CCCCC(C)n1ccnc1SCC(=O)O. The maximum atomic E-state index is 10.5. The summed E-state index contributed by atoms with van der Waals surface area (Å²) < 4.78 is 2.06. The van der Waals surface area contributed by atoms with Gasteiger partial charge < -0.3 is 9.67 Å². The Labute approximate surface area is 100 Å². The van der Waals surface area contributed by atoms with Crippen molar-refractivity contribution in [1.29, 1.82) is 0 Å². The summed E-state index contributed by atoms with van der Waals surface area (Å²) in [5.41, 5.74) is 0. The Morgan fingerprint density at radius 2 is 2.44 bits per heavy atom. The van der Waals surface area contributed by atoms with Gasteiger partial charge in [-0.05, 0) is 13.3 Å². The smallest absolute Gasteiger partial charge is 0.313 e. The van der Waals surface area contributed by atoms with Crippen LogP contribution in [0.2, 0.25) is 0 Å². The number of aliphatic carboxylic acids is 1. The third-order valence-corrected chi connectivity index (χ3v) is 3.37. The van der Waals surface area contributed by atoms with Crippen LogP contribution in [0.25, 0.3) is 0 Å². The van der Waals surface area contributed by atoms with E-state index in [0.29, 0.717) is 6.04 Å². The van der Waals surface area contributed by atoms with Gasteiger partial charge in [0.05, 0.1) is 5.75 Å². The van der Waals surface area contributed by atoms with Gasteiger partial charge in [-0.1, -0.05) is 31.5 Å². The van der Waals surface area contributed by atoms with Crippen LogP contribution < -0.4 is 0 Å². The number of nitrogens with zero attached hydrogens (tertiary/aromatic N) is 2. The van der Waals surface area contributed by atoms with Crippen LogP contribution in [0.5, 0.6) is 0 Å². The molecule has 0 aliphatic carbocycles. The van der Waals surface area contributed by atoms with Gasteiger partial charge in [0.1, 0.15) is 0 Å². The van der Waals surface area contributed by atoms with Gasteiger partial charge >= 0.3 is 5.97 Å². The minimum absolute atomic E-state index is 0.0670. The highest BCUT2D eigenvalue weighted by Crippen LogP contribution is 2.22. The summed E-state index contributed by atoms with van der Waals surface area (Å²) in [6.07, 6.45) is 7.11. The van der Waals surface area contributed by atoms with Gasteiger partial charge in [-0.3, -0.25) is 4.79 Å². The van der Waals surface area contributed by atoms with E-state index in [9.17, 15) is 4.79 Å². The zero-order chi connectivity index (χ0) is 12.0. The summed E-state index contributed by atoms with van der Waals surface area (Å²) in [4.78, 5) is 14.7. The number of unbranched alkanes of at least 4 members (excludes halogenated alkanes) is 1. The largest absolute Gasteiger partial charge is 0.481 e. The van der Waals surface area contributed by atoms with Crippen LogP contribution >= 0.6 is 11.8 Å². The zero-order valence-electron chi connectivity index (χ0n) is 9.72. The molecule has 0 aliphatic rings. The van der Waals surface area contributed by atoms with Crippen LogP contribution in [0.4, 0.5) is 0 Å². The van der Waals surface area contributed by atoms with Gasteiger partial charge in [-0.25, -0.2) is 4.98 Å². The van der Waals surface area contributed by atoms with Crippen LogP contribution in [0.15, 0.2) is 17.6 Å². The molecule has 0 radical (unpaired) electrons. The minimum Gasteiger partial charge on any atom is -0.481 e. The number of hydrogen-bond acceptors (Lipinski definition) is 3. The third kappa shape index (κ3) is 3.89. The molecule has 0 saturated heterocycles. The fourth-order valence-corrected chi connectivity index (χ4v) is 2.29. The molecular weight excluding hydrogens is 224 g/mol. The van der Waals surface area contributed by atoms with Crippen molar-refractivity contribution in [1.82, 2.24) is 9.55 Å². The van der Waals surface area contributed by atoms with E-state index in [1.165, 1.54) is 24.6 Å². The topological polar surface area (TPSA) is 55.1 Å². The van der Waals surface area contributed by atoms with Crippen molar-refractivity contribution in [2.75, 3.05) is 5.75 Å². The summed E-state index contributed by atoms with van der Waals surface area (Å²) in [6.45, 7) is 4.31. The van der Waals surface area contributed by atoms with E-state index < -0.39 is 5.97 Å². The van der Waals surface area contributed by atoms with Crippen molar-refractivity contribution in [3.63, 3.8) is 0 Å². The first-order valence-electron chi connectivity index (χ1n) is 5.52. The van der Waals surface area contributed by atoms with Crippen molar-refractivity contribution in [3.8, 4) is 0 Å². The molecule has 1 heterocycles. The highest BCUT2D eigenvalue weighted by atomic mass is 32.2. The van der Waals surface area contributed by atoms with Crippen molar-refractivity contribution < 1.29 is 9.90 Å². The molecule has 0 amide bonds. The number of carbonyl (C=O) groups is 1. The van der Waals surface area contributed by atoms with E-state index in [1.54, 1.807) is 6.20 Å². The average Bonchev–Trinajstić information content (AvgIpc) is 2.71. The van der Waals surface area contributed by atoms with Crippen LogP contribution in [-0.2, 0) is 4.79 Å². The highest BCUT2D eigenvalue weighted by molar-refractivity contribution is 7.99. The Balaban J connectivity index is 2.58. The Kier molecular flexibility index (Phi) is 5.38. The van der Waals surface area contributed by atoms with Gasteiger partial charge in [-0.15, -0.1) is 0 Å². The molecule has 0 aliphatic heterocycles. The Bertz CT molecular complexity index is 338. The Morgan fingerprint density at radius 3 is 3.06 bits per heavy atom. The number of carboxylic acids is 1. The van der Waals surface area contributed by atoms with Crippen molar-refractivity contribution >= 4 is 17.7 Å². The van der Waals surface area contributed by atoms with Crippen LogP contribution in [0.1, 0.15) is 39.2 Å². The summed E-state index contributed by atoms with van der Waals surface area (Å²) in [5, 5.41) is 9.42. The van der Waals surface area contributed by atoms with Crippen molar-refractivity contribution in [2.45, 2.75) is 44.3 Å². The average molecular weight is 242 g/mol. The van der Waals surface area contributed by atoms with E-state index in [1.807, 2.05) is 6.20 Å². The fraction of sp³-hybridized carbons (Fsp3) is 0.636. The molecule has 0 aromatic carbocycles. The Morgan fingerprint density at radius 1 is 1.69 bits per heavy atom. The molecule has 16 heavy (non-hydrogen) atoms. The van der Waals surface area contributed by atoms with E-state index >= 15 is 0 Å². The predicted octanol–water partition coefficient (Wildman–Crippen LogP) is 2.81. The van der Waals surface area contributed by atoms with Crippen molar-refractivity contribution in [2.24, 2.45) is 0 Å². The van der Waals surface area contributed by atoms with Gasteiger partial charge in [0.2, 0.25) is 0 Å². The van der Waals surface area contributed by atoms with Gasteiger partial charge in [-0.2, -0.15) is 0 Å². The molecule has 1 rings (SSSR count). The van der Waals surface area contributed by atoms with E-state index in [-0.39, 0.29) is 5.75 Å². The molecule has 5 heteroatoms. The second kappa shape index (κ2) is 6.58. The second-order valence-electron chi connectivity index (χ2n) is 3.79. The fourth-order valence-electron chi connectivity index (χ4n) is 1.51. The minimum atomic E-state index is -0.805. The summed E-state index contributed by atoms with van der Waals surface area (Å²) in [7, 11) is 0. The maximum absolute atomic E-state index is 10.5. The van der Waals surface area contributed by atoms with Crippen LogP contribution in [0, 0.1) is 0 Å². The normalized spacial score (nSPS) is 12.6. The van der Waals surface area contributed by atoms with Crippen molar-refractivity contribution in [3.05, 3.63) is 12.4 Å². The van der Waals surface area contributed by atoms with Gasteiger partial charge in [0.15, 0.2) is 5.16 Å². The molecule has 1 aromatic heterocycles. The predicted molar refractivity (Wildman–Crippen MR) is 64.8 cm³/mol. The monoisotopic (exact) mass is 242 g/mol. The first-order chi connectivity index (χ1) is 7.65. The first kappa shape index (κ1) is 13.1. The third-order valence-electron chi connectivity index (χ3n) is 2.41. The summed E-state index contributed by atoms with van der Waals surface area (Å²) >= 11 is 1.28. The quantitative estimate of drug-likeness (QED) is 0.747. The molecule has 1 atom stereocenters. The number of thioether (sulfide) groups is 1. The number of imidazole rings is 1. The highest BCUT2D eigenvalue weighted by Gasteiger charge is 2.11. The standard InChI is InChI=1S/C11H18N2O2S/c1-3-4-5-9(2)13-7-6-12-11(13)16-8-10(14)15/h6-7,9H,3-5,8H2,1-2H3,(H,14,15). The van der Waals surface area contributed by atoms with Crippen LogP contribution in [-0.4, -0.2) is 26.4 Å². The first-order valence-corrected chi connectivity index (χ1v) is 6.51. The molecule has 1 aromatic rings. The lowest BCUT2D eigenvalue weighted by atomic mass is 10.1. The van der Waals surface area contributed by atoms with E-state index in [0.717, 1.165) is 11.6 Å². The van der Waals surface area contributed by atoms with Gasteiger partial charge in [0, 0.05) is 18.4 Å². The summed E-state index contributed by atoms with van der Waals surface area (Å²) in [5.74, 6) is -0.738. The molecule has 1 N–H and O–H groups in total. The van der Waals surface area contributed by atoms with E-state index in [4.69, 9.17) is 5.11 Å². The number of rotatable bonds is 7. The lowest BCUT2D eigenvalue weighted by Crippen LogP contribution is -2.07. The molecule has 4 nitrogen and oxygen atoms in total. The number of carboxylic acid groups (broad SMARTS) is 1. The number of hydrogen-bond donors (Lipinski definition) is 1. The zero-order valence-corrected chi connectivity index (χ0v) is 10.5. The maximum Gasteiger partial charge on any atom is 0.313 e. The van der Waals surface area contributed by atoms with Crippen LogP contribution in [0.3, 0.4) is 0 Å². The second-order valence-corrected chi connectivity index (χ2v) is 4.73.